The molecule has 6 N–H and O–H groups in total. The number of allylic oxidation sites excluding steroid dienone is 1. The van der Waals surface area contributed by atoms with Gasteiger partial charge in [-0.3, -0.25) is 4.79 Å². The number of ether oxygens (including phenoxy) is 6. The van der Waals surface area contributed by atoms with Crippen molar-refractivity contribution in [3.8, 4) is 28.7 Å². The van der Waals surface area contributed by atoms with E-state index in [0.717, 1.165) is 6.07 Å². The van der Waals surface area contributed by atoms with Crippen LogP contribution >= 0.6 is 0 Å². The molecule has 0 unspecified atom stereocenters. The Morgan fingerprint density at radius 3 is 2.37 bits per heavy atom. The Morgan fingerprint density at radius 1 is 0.951 bits per heavy atom. The van der Waals surface area contributed by atoms with E-state index in [9.17, 15) is 35.4 Å². The molecule has 224 valence electrons. The number of carbonyl (C=O) groups is 1. The topological polar surface area (TPSA) is 194 Å². The van der Waals surface area contributed by atoms with Crippen LogP contribution < -0.4 is 14.2 Å². The molecule has 13 heteroatoms. The first-order valence-corrected chi connectivity index (χ1v) is 12.9. The van der Waals surface area contributed by atoms with Gasteiger partial charge < -0.3 is 59.1 Å². The van der Waals surface area contributed by atoms with Crippen molar-refractivity contribution in [3.63, 3.8) is 0 Å². The van der Waals surface area contributed by atoms with E-state index in [1.54, 1.807) is 6.07 Å². The van der Waals surface area contributed by atoms with Crippen LogP contribution in [0.4, 0.5) is 0 Å². The molecule has 0 spiro atoms. The van der Waals surface area contributed by atoms with E-state index in [1.807, 2.05) is 0 Å². The summed E-state index contributed by atoms with van der Waals surface area (Å²) in [6.07, 6.45) is -5.07. The highest BCUT2D eigenvalue weighted by Crippen LogP contribution is 2.36. The number of methoxy groups -OCH3 is 2. The number of aromatic hydroxyl groups is 2. The number of carbonyl (C=O) groups excluding carboxylic acids is 1. The summed E-state index contributed by atoms with van der Waals surface area (Å²) in [6.45, 7) is -0.0948. The van der Waals surface area contributed by atoms with Crippen LogP contribution in [0.1, 0.15) is 28.8 Å². The average Bonchev–Trinajstić information content (AvgIpc) is 2.96. The third kappa shape index (κ3) is 7.26. The van der Waals surface area contributed by atoms with E-state index in [0.29, 0.717) is 18.4 Å². The number of aliphatic hydroxyl groups is 4. The zero-order chi connectivity index (χ0) is 29.7. The summed E-state index contributed by atoms with van der Waals surface area (Å²) in [5.74, 6) is -1.04. The number of phenols is 2. The lowest BCUT2D eigenvalue weighted by Gasteiger charge is -2.40. The van der Waals surface area contributed by atoms with Crippen molar-refractivity contribution in [2.45, 2.75) is 55.9 Å². The SMILES string of the molecule is COc1ccc(/C=C/C(=O)c2c(O)cc(O[C@H]3O[C@@H](CO[C@@H]4CC[C@H](O)CO4)[C@H](O)[C@@H](O)[C@@H]3O)cc2OC)cc1O. The van der Waals surface area contributed by atoms with Crippen LogP contribution in [-0.2, 0) is 14.2 Å². The zero-order valence-corrected chi connectivity index (χ0v) is 22.5. The van der Waals surface area contributed by atoms with Gasteiger partial charge in [0, 0.05) is 18.6 Å². The molecule has 0 bridgehead atoms. The Balaban J connectivity index is 1.45. The molecule has 2 aromatic rings. The van der Waals surface area contributed by atoms with Crippen LogP contribution in [0.3, 0.4) is 0 Å². The Hall–Kier alpha value is -3.43. The lowest BCUT2D eigenvalue weighted by Crippen LogP contribution is -2.60. The molecule has 0 aromatic heterocycles. The van der Waals surface area contributed by atoms with Crippen LogP contribution in [0.5, 0.6) is 28.7 Å². The van der Waals surface area contributed by atoms with Crippen LogP contribution in [0.25, 0.3) is 6.08 Å². The highest BCUT2D eigenvalue weighted by atomic mass is 16.7. The number of rotatable bonds is 10. The molecule has 41 heavy (non-hydrogen) atoms. The lowest BCUT2D eigenvalue weighted by atomic mass is 9.99. The fraction of sp³-hybridized carbons (Fsp3) is 0.464. The monoisotopic (exact) mass is 578 g/mol. The molecule has 0 radical (unpaired) electrons. The van der Waals surface area contributed by atoms with Gasteiger partial charge in [0.1, 0.15) is 47.2 Å². The van der Waals surface area contributed by atoms with Gasteiger partial charge in [-0.15, -0.1) is 0 Å². The maximum atomic E-state index is 12.9. The summed E-state index contributed by atoms with van der Waals surface area (Å²) in [4.78, 5) is 12.9. The van der Waals surface area contributed by atoms with Gasteiger partial charge in [0.2, 0.25) is 6.29 Å². The van der Waals surface area contributed by atoms with Crippen molar-refractivity contribution in [1.29, 1.82) is 0 Å². The molecule has 2 saturated heterocycles. The first kappa shape index (κ1) is 30.5. The number of phenolic OH excluding ortho intramolecular Hbond substituents is 2. The largest absolute Gasteiger partial charge is 0.507 e. The smallest absolute Gasteiger partial charge is 0.229 e. The molecular weight excluding hydrogens is 544 g/mol. The maximum absolute atomic E-state index is 12.9. The van der Waals surface area contributed by atoms with Crippen molar-refractivity contribution < 1.29 is 63.9 Å². The molecule has 0 amide bonds. The fourth-order valence-corrected chi connectivity index (χ4v) is 4.45. The Labute approximate surface area is 235 Å². The third-order valence-electron chi connectivity index (χ3n) is 6.73. The normalized spacial score (nSPS) is 28.4. The van der Waals surface area contributed by atoms with Gasteiger partial charge in [-0.1, -0.05) is 12.1 Å². The quantitative estimate of drug-likeness (QED) is 0.171. The third-order valence-corrected chi connectivity index (χ3v) is 6.73. The Morgan fingerprint density at radius 2 is 1.71 bits per heavy atom. The minimum Gasteiger partial charge on any atom is -0.507 e. The predicted molar refractivity (Wildman–Crippen MR) is 141 cm³/mol. The van der Waals surface area contributed by atoms with Crippen LogP contribution in [0.15, 0.2) is 36.4 Å². The van der Waals surface area contributed by atoms with Crippen molar-refractivity contribution in [1.82, 2.24) is 0 Å². The number of hydrogen-bond donors (Lipinski definition) is 6. The van der Waals surface area contributed by atoms with Gasteiger partial charge in [0.25, 0.3) is 0 Å². The summed E-state index contributed by atoms with van der Waals surface area (Å²) in [6, 6.07) is 6.97. The van der Waals surface area contributed by atoms with Gasteiger partial charge in [-0.25, -0.2) is 0 Å². The summed E-state index contributed by atoms with van der Waals surface area (Å²) < 4.78 is 32.6. The molecule has 0 aliphatic carbocycles. The predicted octanol–water partition coefficient (Wildman–Crippen LogP) is 0.711. The van der Waals surface area contributed by atoms with E-state index in [2.05, 4.69) is 0 Å². The second kappa shape index (κ2) is 13.5. The van der Waals surface area contributed by atoms with E-state index >= 15 is 0 Å². The van der Waals surface area contributed by atoms with E-state index in [1.165, 1.54) is 44.6 Å². The van der Waals surface area contributed by atoms with Crippen molar-refractivity contribution >= 4 is 11.9 Å². The standard InChI is InChI=1S/C28H34O13/c1-36-20-7-4-14(9-18(20)31)3-6-17(30)24-19(32)10-16(11-21(24)37-2)40-28-27(35)26(34)25(33)22(41-28)13-39-23-8-5-15(29)12-38-23/h3-4,6-7,9-11,15,22-23,25-29,31-35H,5,8,12-13H2,1-2H3/b6-3+/t15-,22-,23+,25-,26+,27-,28-/m0/s1. The van der Waals surface area contributed by atoms with Crippen LogP contribution in [0.2, 0.25) is 0 Å². The first-order valence-electron chi connectivity index (χ1n) is 12.9. The van der Waals surface area contributed by atoms with E-state index in [-0.39, 0.29) is 41.8 Å². The van der Waals surface area contributed by atoms with E-state index in [4.69, 9.17) is 28.4 Å². The summed E-state index contributed by atoms with van der Waals surface area (Å²) in [7, 11) is 2.70. The molecule has 2 aliphatic heterocycles. The minimum atomic E-state index is -1.67. The molecule has 7 atom stereocenters. The zero-order valence-electron chi connectivity index (χ0n) is 22.5. The maximum Gasteiger partial charge on any atom is 0.229 e. The lowest BCUT2D eigenvalue weighted by molar-refractivity contribution is -0.291. The fourth-order valence-electron chi connectivity index (χ4n) is 4.45. The summed E-state index contributed by atoms with van der Waals surface area (Å²) >= 11 is 0. The molecule has 2 aromatic carbocycles. The highest BCUT2D eigenvalue weighted by molar-refractivity contribution is 6.10. The minimum absolute atomic E-state index is 0.0466. The van der Waals surface area contributed by atoms with Crippen molar-refractivity contribution in [2.24, 2.45) is 0 Å². The molecule has 13 nitrogen and oxygen atoms in total. The van der Waals surface area contributed by atoms with Crippen molar-refractivity contribution in [2.75, 3.05) is 27.4 Å². The number of benzene rings is 2. The number of aliphatic hydroxyl groups excluding tert-OH is 4. The number of hydrogen-bond acceptors (Lipinski definition) is 13. The summed E-state index contributed by atoms with van der Waals surface area (Å²) in [5.41, 5.74) is 0.337. The van der Waals surface area contributed by atoms with Crippen LogP contribution in [-0.4, -0.2) is 107 Å². The average molecular weight is 579 g/mol. The second-order valence-electron chi connectivity index (χ2n) is 9.61. The van der Waals surface area contributed by atoms with Gasteiger partial charge in [0.15, 0.2) is 23.6 Å². The molecule has 2 heterocycles. The van der Waals surface area contributed by atoms with Gasteiger partial charge in [-0.05, 0) is 30.2 Å². The van der Waals surface area contributed by atoms with Gasteiger partial charge in [0.05, 0.1) is 33.5 Å². The van der Waals surface area contributed by atoms with Gasteiger partial charge >= 0.3 is 0 Å². The van der Waals surface area contributed by atoms with Crippen LogP contribution in [0, 0.1) is 0 Å². The molecule has 2 fully saturated rings. The Bertz CT molecular complexity index is 1220. The molecule has 2 aliphatic rings. The molecular formula is C28H34O13. The molecule has 4 rings (SSSR count). The van der Waals surface area contributed by atoms with Crippen molar-refractivity contribution in [3.05, 3.63) is 47.5 Å². The number of ketones is 1. The van der Waals surface area contributed by atoms with E-state index < -0.39 is 54.6 Å². The highest BCUT2D eigenvalue weighted by Gasteiger charge is 2.45. The Kier molecular flexibility index (Phi) is 10.0. The first-order chi connectivity index (χ1) is 19.6. The van der Waals surface area contributed by atoms with Gasteiger partial charge in [-0.2, -0.15) is 0 Å². The second-order valence-corrected chi connectivity index (χ2v) is 9.61. The molecule has 0 saturated carbocycles. The summed E-state index contributed by atoms with van der Waals surface area (Å²) in [5, 5.41) is 61.4.